The molecular weight excluding hydrogens is 316 g/mol. The average Bonchev–Trinajstić information content (AvgIpc) is 2.56. The summed E-state index contributed by atoms with van der Waals surface area (Å²) in [5.74, 6) is 0.405. The number of esters is 1. The largest absolute Gasteiger partial charge is 0.493 e. The zero-order valence-electron chi connectivity index (χ0n) is 13.0. The molecule has 0 spiro atoms. The molecule has 0 fully saturated rings. The highest BCUT2D eigenvalue weighted by Crippen LogP contribution is 2.15. The number of methoxy groups -OCH3 is 1. The van der Waals surface area contributed by atoms with E-state index in [4.69, 9.17) is 25.8 Å². The lowest BCUT2D eigenvalue weighted by molar-refractivity contribution is 0.0485. The van der Waals surface area contributed by atoms with Gasteiger partial charge >= 0.3 is 5.97 Å². The summed E-state index contributed by atoms with van der Waals surface area (Å²) in [6.07, 6.45) is 0.617. The summed E-state index contributed by atoms with van der Waals surface area (Å²) in [6, 6.07) is 14.4. The molecule has 0 aromatic heterocycles. The minimum Gasteiger partial charge on any atom is -0.493 e. The van der Waals surface area contributed by atoms with Crippen molar-refractivity contribution in [2.75, 3.05) is 20.3 Å². The number of halogens is 1. The Kier molecular flexibility index (Phi) is 6.91. The zero-order valence-corrected chi connectivity index (χ0v) is 13.7. The predicted octanol–water partition coefficient (Wildman–Crippen LogP) is 4.11. The van der Waals surface area contributed by atoms with Gasteiger partial charge in [-0.2, -0.15) is 0 Å². The summed E-state index contributed by atoms with van der Waals surface area (Å²) in [6.45, 7) is 1.25. The van der Waals surface area contributed by atoms with Gasteiger partial charge in [0.25, 0.3) is 0 Å². The molecule has 0 aliphatic heterocycles. The van der Waals surface area contributed by atoms with Crippen LogP contribution < -0.4 is 4.74 Å². The van der Waals surface area contributed by atoms with E-state index >= 15 is 0 Å². The number of hydrogen-bond acceptors (Lipinski definition) is 4. The fraction of sp³-hybridized carbons (Fsp3) is 0.278. The molecule has 23 heavy (non-hydrogen) atoms. The summed E-state index contributed by atoms with van der Waals surface area (Å²) < 4.78 is 15.8. The van der Waals surface area contributed by atoms with Gasteiger partial charge in [-0.1, -0.05) is 23.7 Å². The first-order chi connectivity index (χ1) is 11.2. The molecule has 2 aromatic carbocycles. The van der Waals surface area contributed by atoms with Gasteiger partial charge < -0.3 is 14.2 Å². The van der Waals surface area contributed by atoms with E-state index in [1.807, 2.05) is 12.1 Å². The topological polar surface area (TPSA) is 44.8 Å². The fourth-order valence-corrected chi connectivity index (χ4v) is 2.11. The first kappa shape index (κ1) is 17.3. The lowest BCUT2D eigenvalue weighted by Crippen LogP contribution is -2.09. The smallest absolute Gasteiger partial charge is 0.338 e. The minimum absolute atomic E-state index is 0.306. The van der Waals surface area contributed by atoms with E-state index in [1.165, 1.54) is 0 Å². The van der Waals surface area contributed by atoms with Crippen LogP contribution in [0.5, 0.6) is 5.75 Å². The Balaban J connectivity index is 1.70. The Labute approximate surface area is 140 Å². The molecule has 0 saturated carbocycles. The third-order valence-corrected chi connectivity index (χ3v) is 3.33. The van der Waals surface area contributed by atoms with Gasteiger partial charge in [0.15, 0.2) is 0 Å². The summed E-state index contributed by atoms with van der Waals surface area (Å²) in [7, 11) is 1.62. The number of rotatable bonds is 8. The summed E-state index contributed by atoms with van der Waals surface area (Å²) in [4.78, 5) is 12.0. The normalized spacial score (nSPS) is 10.3. The molecule has 0 unspecified atom stereocenters. The van der Waals surface area contributed by atoms with Crippen LogP contribution in [0.3, 0.4) is 0 Å². The Morgan fingerprint density at radius 2 is 1.87 bits per heavy atom. The molecule has 0 saturated heterocycles. The minimum atomic E-state index is -0.338. The van der Waals surface area contributed by atoms with Crippen molar-refractivity contribution in [1.29, 1.82) is 0 Å². The van der Waals surface area contributed by atoms with Crippen molar-refractivity contribution >= 4 is 17.6 Å². The van der Waals surface area contributed by atoms with E-state index in [2.05, 4.69) is 0 Å². The van der Waals surface area contributed by atoms with Crippen LogP contribution in [0.15, 0.2) is 48.5 Å². The van der Waals surface area contributed by atoms with Crippen LogP contribution in [0.2, 0.25) is 5.02 Å². The van der Waals surface area contributed by atoms with E-state index in [-0.39, 0.29) is 5.97 Å². The van der Waals surface area contributed by atoms with Gasteiger partial charge in [-0.25, -0.2) is 4.79 Å². The van der Waals surface area contributed by atoms with Gasteiger partial charge in [0.1, 0.15) is 5.75 Å². The Morgan fingerprint density at radius 3 is 2.61 bits per heavy atom. The van der Waals surface area contributed by atoms with Crippen LogP contribution in [-0.4, -0.2) is 26.3 Å². The molecule has 2 aromatic rings. The highest BCUT2D eigenvalue weighted by molar-refractivity contribution is 6.30. The van der Waals surface area contributed by atoms with Gasteiger partial charge in [0, 0.05) is 18.6 Å². The maximum atomic E-state index is 12.0. The number of hydrogen-bond donors (Lipinski definition) is 0. The summed E-state index contributed by atoms with van der Waals surface area (Å²) in [5.41, 5.74) is 1.46. The lowest BCUT2D eigenvalue weighted by atomic mass is 10.1. The van der Waals surface area contributed by atoms with Gasteiger partial charge in [-0.3, -0.25) is 0 Å². The summed E-state index contributed by atoms with van der Waals surface area (Å²) in [5, 5.41) is 0.669. The van der Waals surface area contributed by atoms with Gasteiger partial charge in [0.2, 0.25) is 0 Å². The van der Waals surface area contributed by atoms with Crippen LogP contribution in [0, 0.1) is 0 Å². The monoisotopic (exact) mass is 334 g/mol. The Bertz CT molecular complexity index is 625. The highest BCUT2D eigenvalue weighted by Gasteiger charge is 2.07. The van der Waals surface area contributed by atoms with Crippen molar-refractivity contribution in [2.45, 2.75) is 13.0 Å². The molecule has 122 valence electrons. The van der Waals surface area contributed by atoms with E-state index < -0.39 is 0 Å². The van der Waals surface area contributed by atoms with Crippen molar-refractivity contribution in [1.82, 2.24) is 0 Å². The molecule has 0 aliphatic carbocycles. The molecule has 0 amide bonds. The molecule has 2 rings (SSSR count). The third-order valence-electron chi connectivity index (χ3n) is 3.08. The Hall–Kier alpha value is -2.04. The maximum absolute atomic E-state index is 12.0. The number of ether oxygens (including phenoxy) is 3. The molecule has 0 bridgehead atoms. The third kappa shape index (κ3) is 5.93. The van der Waals surface area contributed by atoms with Crippen LogP contribution in [0.1, 0.15) is 22.3 Å². The SMILES string of the molecule is COCc1cccc(C(=O)OCCCOc2ccc(Cl)cc2)c1. The highest BCUT2D eigenvalue weighted by atomic mass is 35.5. The quantitative estimate of drug-likeness (QED) is 0.538. The van der Waals surface area contributed by atoms with Crippen LogP contribution in [0.25, 0.3) is 0 Å². The second-order valence-electron chi connectivity index (χ2n) is 4.93. The number of benzene rings is 2. The molecular formula is C18H19ClO4. The molecule has 0 atom stereocenters. The second-order valence-corrected chi connectivity index (χ2v) is 5.36. The van der Waals surface area contributed by atoms with E-state index in [0.29, 0.717) is 36.8 Å². The van der Waals surface area contributed by atoms with Crippen molar-refractivity contribution in [2.24, 2.45) is 0 Å². The molecule has 5 heteroatoms. The number of carbonyl (C=O) groups excluding carboxylic acids is 1. The summed E-state index contributed by atoms with van der Waals surface area (Å²) >= 11 is 5.80. The molecule has 0 N–H and O–H groups in total. The molecule has 0 radical (unpaired) electrons. The maximum Gasteiger partial charge on any atom is 0.338 e. The number of carbonyl (C=O) groups is 1. The zero-order chi connectivity index (χ0) is 16.5. The van der Waals surface area contributed by atoms with Crippen LogP contribution in [0.4, 0.5) is 0 Å². The van der Waals surface area contributed by atoms with Crippen molar-refractivity contribution < 1.29 is 19.0 Å². The molecule has 0 heterocycles. The Morgan fingerprint density at radius 1 is 1.09 bits per heavy atom. The standard InChI is InChI=1S/C18H19ClO4/c1-21-13-14-4-2-5-15(12-14)18(20)23-11-3-10-22-17-8-6-16(19)7-9-17/h2,4-9,12H,3,10-11,13H2,1H3. The van der Waals surface area contributed by atoms with Gasteiger partial charge in [-0.05, 0) is 42.0 Å². The first-order valence-electron chi connectivity index (χ1n) is 7.32. The molecule has 0 aliphatic rings. The lowest BCUT2D eigenvalue weighted by Gasteiger charge is -2.08. The van der Waals surface area contributed by atoms with Crippen molar-refractivity contribution in [3.63, 3.8) is 0 Å². The van der Waals surface area contributed by atoms with Gasteiger partial charge in [-0.15, -0.1) is 0 Å². The van der Waals surface area contributed by atoms with Crippen LogP contribution >= 0.6 is 11.6 Å². The van der Waals surface area contributed by atoms with Crippen LogP contribution in [-0.2, 0) is 16.1 Å². The van der Waals surface area contributed by atoms with E-state index in [1.54, 1.807) is 43.5 Å². The van der Waals surface area contributed by atoms with E-state index in [0.717, 1.165) is 11.3 Å². The first-order valence-corrected chi connectivity index (χ1v) is 7.70. The fourth-order valence-electron chi connectivity index (χ4n) is 1.98. The average molecular weight is 335 g/mol. The predicted molar refractivity (Wildman–Crippen MR) is 89.0 cm³/mol. The van der Waals surface area contributed by atoms with Crippen molar-refractivity contribution in [3.05, 3.63) is 64.7 Å². The van der Waals surface area contributed by atoms with Crippen molar-refractivity contribution in [3.8, 4) is 5.75 Å². The van der Waals surface area contributed by atoms with Gasteiger partial charge in [0.05, 0.1) is 25.4 Å². The molecule has 4 nitrogen and oxygen atoms in total. The van der Waals surface area contributed by atoms with E-state index in [9.17, 15) is 4.79 Å². The second kappa shape index (κ2) is 9.18.